The van der Waals surface area contributed by atoms with E-state index in [4.69, 9.17) is 0 Å². The van der Waals surface area contributed by atoms with Crippen LogP contribution in [0.2, 0.25) is 0 Å². The minimum atomic E-state index is -0.399. The fourth-order valence-corrected chi connectivity index (χ4v) is 2.81. The highest BCUT2D eigenvalue weighted by molar-refractivity contribution is 5.93. The first-order valence-electron chi connectivity index (χ1n) is 8.06. The number of benzene rings is 1. The molecule has 1 aromatic heterocycles. The number of halogens is 1. The Labute approximate surface area is 143 Å². The lowest BCUT2D eigenvalue weighted by molar-refractivity contribution is -0.127. The van der Waals surface area contributed by atoms with Crippen molar-refractivity contribution in [1.82, 2.24) is 20.0 Å². The van der Waals surface area contributed by atoms with Gasteiger partial charge in [-0.15, -0.1) is 10.2 Å². The zero-order chi connectivity index (χ0) is 17.4. The van der Waals surface area contributed by atoms with Crippen LogP contribution in [0.5, 0.6) is 0 Å². The molecular weight excluding hydrogens is 325 g/mol. The third-order valence-corrected chi connectivity index (χ3v) is 4.29. The first-order valence-corrected chi connectivity index (χ1v) is 8.06. The Balaban J connectivity index is 1.42. The van der Waals surface area contributed by atoms with Gasteiger partial charge in [-0.05, 0) is 37.1 Å². The first-order chi connectivity index (χ1) is 12.1. The van der Waals surface area contributed by atoms with Crippen molar-refractivity contribution in [3.05, 3.63) is 42.2 Å². The summed E-state index contributed by atoms with van der Waals surface area (Å²) in [4.78, 5) is 27.3. The number of rotatable bonds is 3. The van der Waals surface area contributed by atoms with Crippen LogP contribution in [0, 0.1) is 5.82 Å². The number of anilines is 1. The van der Waals surface area contributed by atoms with Crippen LogP contribution in [0.1, 0.15) is 12.8 Å². The van der Waals surface area contributed by atoms with Gasteiger partial charge in [-0.1, -0.05) is 12.1 Å². The molecule has 8 heteroatoms. The summed E-state index contributed by atoms with van der Waals surface area (Å²) < 4.78 is 13.8. The van der Waals surface area contributed by atoms with Crippen molar-refractivity contribution < 1.29 is 14.0 Å². The molecular formula is C17H16FN5O2. The molecule has 2 aromatic rings. The maximum Gasteiger partial charge on any atom is 0.324 e. The van der Waals surface area contributed by atoms with Crippen molar-refractivity contribution in [2.45, 2.75) is 18.9 Å². The fraction of sp³-hybridized carbons (Fsp3) is 0.294. The van der Waals surface area contributed by atoms with E-state index in [-0.39, 0.29) is 30.1 Å². The maximum atomic E-state index is 13.8. The Morgan fingerprint density at radius 3 is 2.64 bits per heavy atom. The Kier molecular flexibility index (Phi) is 3.79. The standard InChI is InChI=1S/C17H16FN5O2/c18-13-4-2-1-3-12(13)14-7-8-15(21-20-14)19-17(25)22-9-16(24)23(10-22)11-5-6-11/h1-4,7-8,11H,5-6,9-10H2,(H,19,21,25). The van der Waals surface area contributed by atoms with Gasteiger partial charge in [0, 0.05) is 11.6 Å². The molecule has 2 fully saturated rings. The van der Waals surface area contributed by atoms with Crippen LogP contribution in [0.15, 0.2) is 36.4 Å². The van der Waals surface area contributed by atoms with Gasteiger partial charge in [-0.2, -0.15) is 0 Å². The Bertz CT molecular complexity index is 822. The molecule has 25 heavy (non-hydrogen) atoms. The normalized spacial score (nSPS) is 17.1. The van der Waals surface area contributed by atoms with Crippen molar-refractivity contribution in [1.29, 1.82) is 0 Å². The Hall–Kier alpha value is -3.03. The molecule has 0 bridgehead atoms. The van der Waals surface area contributed by atoms with Crippen molar-refractivity contribution in [2.75, 3.05) is 18.5 Å². The molecule has 1 aromatic carbocycles. The number of nitrogens with zero attached hydrogens (tertiary/aromatic N) is 4. The second kappa shape index (κ2) is 6.12. The van der Waals surface area contributed by atoms with Crippen LogP contribution < -0.4 is 5.32 Å². The molecule has 1 saturated carbocycles. The van der Waals surface area contributed by atoms with Gasteiger partial charge < -0.3 is 4.90 Å². The van der Waals surface area contributed by atoms with Crippen LogP contribution in [-0.2, 0) is 4.79 Å². The highest BCUT2D eigenvalue weighted by atomic mass is 19.1. The molecule has 2 heterocycles. The van der Waals surface area contributed by atoms with E-state index in [0.717, 1.165) is 12.8 Å². The van der Waals surface area contributed by atoms with Gasteiger partial charge in [0.25, 0.3) is 0 Å². The van der Waals surface area contributed by atoms with Gasteiger partial charge in [-0.3, -0.25) is 15.0 Å². The van der Waals surface area contributed by atoms with Crippen molar-refractivity contribution in [3.8, 4) is 11.3 Å². The quantitative estimate of drug-likeness (QED) is 0.927. The van der Waals surface area contributed by atoms with Crippen molar-refractivity contribution in [3.63, 3.8) is 0 Å². The number of urea groups is 1. The average Bonchev–Trinajstić information content (AvgIpc) is 3.38. The lowest BCUT2D eigenvalue weighted by atomic mass is 10.1. The summed E-state index contributed by atoms with van der Waals surface area (Å²) in [5, 5.41) is 10.5. The van der Waals surface area contributed by atoms with Gasteiger partial charge in [0.1, 0.15) is 12.4 Å². The molecule has 0 spiro atoms. The second-order valence-corrected chi connectivity index (χ2v) is 6.15. The number of carbonyl (C=O) groups excluding carboxylic acids is 2. The first kappa shape index (κ1) is 15.5. The molecule has 2 aliphatic rings. The predicted octanol–water partition coefficient (Wildman–Crippen LogP) is 2.08. The predicted molar refractivity (Wildman–Crippen MR) is 87.9 cm³/mol. The van der Waals surface area contributed by atoms with Crippen LogP contribution in [0.3, 0.4) is 0 Å². The summed E-state index contributed by atoms with van der Waals surface area (Å²) in [6, 6.07) is 9.31. The molecule has 4 rings (SSSR count). The number of aromatic nitrogens is 2. The minimum absolute atomic E-state index is 0.0290. The lowest BCUT2D eigenvalue weighted by Crippen LogP contribution is -2.35. The summed E-state index contributed by atoms with van der Waals surface area (Å²) >= 11 is 0. The van der Waals surface area contributed by atoms with Crippen molar-refractivity contribution in [2.24, 2.45) is 0 Å². The van der Waals surface area contributed by atoms with E-state index >= 15 is 0 Å². The number of hydrogen-bond acceptors (Lipinski definition) is 4. The largest absolute Gasteiger partial charge is 0.324 e. The zero-order valence-corrected chi connectivity index (χ0v) is 13.4. The number of hydrogen-bond donors (Lipinski definition) is 1. The van der Waals surface area contributed by atoms with E-state index in [1.807, 2.05) is 0 Å². The fourth-order valence-electron chi connectivity index (χ4n) is 2.81. The zero-order valence-electron chi connectivity index (χ0n) is 13.4. The van der Waals surface area contributed by atoms with E-state index in [9.17, 15) is 14.0 Å². The average molecular weight is 341 g/mol. The van der Waals surface area contributed by atoms with E-state index in [1.165, 1.54) is 11.0 Å². The van der Waals surface area contributed by atoms with E-state index in [2.05, 4.69) is 15.5 Å². The Morgan fingerprint density at radius 1 is 1.16 bits per heavy atom. The van der Waals surface area contributed by atoms with E-state index in [1.54, 1.807) is 35.2 Å². The molecule has 1 aliphatic heterocycles. The molecule has 1 saturated heterocycles. The highest BCUT2D eigenvalue weighted by Crippen LogP contribution is 2.29. The molecule has 0 radical (unpaired) electrons. The smallest absolute Gasteiger partial charge is 0.320 e. The van der Waals surface area contributed by atoms with Gasteiger partial charge in [0.15, 0.2) is 5.82 Å². The third kappa shape index (κ3) is 3.15. The monoisotopic (exact) mass is 341 g/mol. The van der Waals surface area contributed by atoms with Gasteiger partial charge >= 0.3 is 6.03 Å². The van der Waals surface area contributed by atoms with Gasteiger partial charge in [-0.25, -0.2) is 9.18 Å². The molecule has 3 amide bonds. The van der Waals surface area contributed by atoms with Gasteiger partial charge in [0.05, 0.1) is 12.4 Å². The third-order valence-electron chi connectivity index (χ3n) is 4.29. The summed E-state index contributed by atoms with van der Waals surface area (Å²) in [5.74, 6) is -0.162. The molecule has 7 nitrogen and oxygen atoms in total. The topological polar surface area (TPSA) is 78.4 Å². The molecule has 0 unspecified atom stereocenters. The maximum absolute atomic E-state index is 13.8. The SMILES string of the molecule is O=C(Nc1ccc(-c2ccccc2F)nn1)N1CC(=O)N(C2CC2)C1. The number of amides is 3. The van der Waals surface area contributed by atoms with E-state index < -0.39 is 6.03 Å². The highest BCUT2D eigenvalue weighted by Gasteiger charge is 2.39. The van der Waals surface area contributed by atoms with Crippen LogP contribution in [0.4, 0.5) is 15.0 Å². The summed E-state index contributed by atoms with van der Waals surface area (Å²) in [5.41, 5.74) is 0.727. The number of nitrogens with one attached hydrogen (secondary N) is 1. The molecule has 1 aliphatic carbocycles. The molecule has 128 valence electrons. The van der Waals surface area contributed by atoms with Gasteiger partial charge in [0.2, 0.25) is 5.91 Å². The second-order valence-electron chi connectivity index (χ2n) is 6.15. The lowest BCUT2D eigenvalue weighted by Gasteiger charge is -2.17. The molecule has 0 atom stereocenters. The Morgan fingerprint density at radius 2 is 1.96 bits per heavy atom. The molecule has 1 N–H and O–H groups in total. The minimum Gasteiger partial charge on any atom is -0.320 e. The summed E-state index contributed by atoms with van der Waals surface area (Å²) in [6.07, 6.45) is 2.01. The van der Waals surface area contributed by atoms with Crippen LogP contribution in [-0.4, -0.2) is 51.2 Å². The summed E-state index contributed by atoms with van der Waals surface area (Å²) in [6.45, 7) is 0.374. The van der Waals surface area contributed by atoms with Crippen LogP contribution in [0.25, 0.3) is 11.3 Å². The van der Waals surface area contributed by atoms with Crippen LogP contribution >= 0.6 is 0 Å². The van der Waals surface area contributed by atoms with Crippen molar-refractivity contribution >= 4 is 17.8 Å². The number of carbonyl (C=O) groups is 2. The summed E-state index contributed by atoms with van der Waals surface area (Å²) in [7, 11) is 0. The van der Waals surface area contributed by atoms with E-state index in [0.29, 0.717) is 17.9 Å².